The Morgan fingerprint density at radius 2 is 1.54 bits per heavy atom. The van der Waals surface area contributed by atoms with Crippen LogP contribution in [0.15, 0.2) is 76.3 Å². The first kappa shape index (κ1) is 22.6. The number of fused-ring (bicyclic) bond motifs is 5. The second kappa shape index (κ2) is 8.10. The van der Waals surface area contributed by atoms with E-state index in [2.05, 4.69) is 10.6 Å². The van der Waals surface area contributed by atoms with Gasteiger partial charge in [0.25, 0.3) is 5.56 Å². The molecule has 0 radical (unpaired) electrons. The number of hydrogen-bond donors (Lipinski definition) is 0. The highest BCUT2D eigenvalue weighted by molar-refractivity contribution is 5.98. The molecule has 0 aliphatic carbocycles. The average Bonchev–Trinajstić information content (AvgIpc) is 3.27. The highest BCUT2D eigenvalue weighted by Crippen LogP contribution is 2.46. The van der Waals surface area contributed by atoms with Crippen molar-refractivity contribution in [2.45, 2.75) is 20.0 Å². The van der Waals surface area contributed by atoms with Crippen molar-refractivity contribution in [2.24, 2.45) is 14.1 Å². The van der Waals surface area contributed by atoms with Crippen LogP contribution in [0.5, 0.6) is 5.75 Å². The van der Waals surface area contributed by atoms with Crippen molar-refractivity contribution in [3.8, 4) is 28.8 Å². The summed E-state index contributed by atoms with van der Waals surface area (Å²) in [5.74, 6) is 0.669. The summed E-state index contributed by atoms with van der Waals surface area (Å²) in [7, 11) is 3.19. The Hall–Kier alpha value is -4.83. The lowest BCUT2D eigenvalue weighted by molar-refractivity contribution is 0.229. The summed E-state index contributed by atoms with van der Waals surface area (Å²) < 4.78 is 11.3. The van der Waals surface area contributed by atoms with Crippen LogP contribution in [0.2, 0.25) is 0 Å². The maximum atomic E-state index is 13.7. The summed E-state index contributed by atoms with van der Waals surface area (Å²) >= 11 is 0. The monoisotopic (exact) mass is 488 g/mol. The van der Waals surface area contributed by atoms with Crippen LogP contribution in [0, 0.1) is 25.2 Å². The molecule has 1 aliphatic heterocycles. The molecule has 3 heterocycles. The van der Waals surface area contributed by atoms with Gasteiger partial charge in [0.1, 0.15) is 5.75 Å². The van der Waals surface area contributed by atoms with Crippen molar-refractivity contribution >= 4 is 10.9 Å². The predicted octanol–water partition coefficient (Wildman–Crippen LogP) is 4.67. The lowest BCUT2D eigenvalue weighted by Crippen LogP contribution is -2.37. The molecule has 0 saturated heterocycles. The Kier molecular flexibility index (Phi) is 4.95. The van der Waals surface area contributed by atoms with Crippen LogP contribution in [0.4, 0.5) is 0 Å². The van der Waals surface area contributed by atoms with Gasteiger partial charge in [0, 0.05) is 14.1 Å². The first-order valence-corrected chi connectivity index (χ1v) is 12.0. The average molecular weight is 489 g/mol. The molecule has 0 bridgehead atoms. The summed E-state index contributed by atoms with van der Waals surface area (Å²) in [6.07, 6.45) is -0.609. The van der Waals surface area contributed by atoms with Gasteiger partial charge in [0.15, 0.2) is 6.10 Å². The van der Waals surface area contributed by atoms with Gasteiger partial charge in [-0.25, -0.2) is 4.79 Å². The normalized spacial score (nSPS) is 14.1. The number of nitriles is 1. The van der Waals surface area contributed by atoms with Crippen LogP contribution in [-0.4, -0.2) is 13.7 Å². The molecule has 7 nitrogen and oxygen atoms in total. The van der Waals surface area contributed by atoms with Gasteiger partial charge in [-0.15, -0.1) is 0 Å². The van der Waals surface area contributed by atoms with Gasteiger partial charge in [-0.3, -0.25) is 13.9 Å². The molecule has 0 N–H and O–H groups in total. The van der Waals surface area contributed by atoms with Gasteiger partial charge < -0.3 is 9.30 Å². The number of benzene rings is 3. The molecule has 6 rings (SSSR count). The van der Waals surface area contributed by atoms with E-state index in [1.807, 2.05) is 68.4 Å². The molecule has 0 amide bonds. The van der Waals surface area contributed by atoms with E-state index in [0.29, 0.717) is 27.9 Å². The van der Waals surface area contributed by atoms with Crippen LogP contribution in [0.25, 0.3) is 27.8 Å². The van der Waals surface area contributed by atoms with Gasteiger partial charge in [0.05, 0.1) is 39.6 Å². The minimum Gasteiger partial charge on any atom is -0.477 e. The highest BCUT2D eigenvalue weighted by atomic mass is 16.5. The zero-order valence-corrected chi connectivity index (χ0v) is 20.9. The number of ether oxygens (including phenoxy) is 1. The van der Waals surface area contributed by atoms with Crippen molar-refractivity contribution in [1.82, 2.24) is 13.7 Å². The fourth-order valence-corrected chi connectivity index (χ4v) is 5.22. The molecule has 7 heteroatoms. The van der Waals surface area contributed by atoms with E-state index in [1.165, 1.54) is 11.6 Å². The molecule has 0 saturated carbocycles. The van der Waals surface area contributed by atoms with Gasteiger partial charge >= 0.3 is 5.69 Å². The van der Waals surface area contributed by atoms with Crippen LogP contribution >= 0.6 is 0 Å². The Balaban J connectivity index is 1.84. The minimum absolute atomic E-state index is 0.358. The highest BCUT2D eigenvalue weighted by Gasteiger charge is 2.36. The van der Waals surface area contributed by atoms with E-state index >= 15 is 0 Å². The molecule has 1 atom stereocenters. The fourth-order valence-electron chi connectivity index (χ4n) is 5.22. The third-order valence-electron chi connectivity index (χ3n) is 7.12. The number of aromatic nitrogens is 3. The molecule has 2 aromatic heterocycles. The molecule has 5 aromatic rings. The first-order valence-electron chi connectivity index (χ1n) is 12.0. The fraction of sp³-hybridized carbons (Fsp3) is 0.167. The Labute approximate surface area is 213 Å². The van der Waals surface area contributed by atoms with E-state index in [0.717, 1.165) is 38.2 Å². The van der Waals surface area contributed by atoms with Gasteiger partial charge in [-0.1, -0.05) is 48.0 Å². The molecule has 0 spiro atoms. The number of aryl methyl sites for hydroxylation is 3. The van der Waals surface area contributed by atoms with E-state index in [1.54, 1.807) is 19.2 Å². The second-order valence-electron chi connectivity index (χ2n) is 9.57. The Bertz CT molecular complexity index is 1880. The first-order chi connectivity index (χ1) is 17.8. The predicted molar refractivity (Wildman–Crippen MR) is 142 cm³/mol. The van der Waals surface area contributed by atoms with E-state index in [4.69, 9.17) is 4.74 Å². The van der Waals surface area contributed by atoms with Crippen molar-refractivity contribution in [1.29, 1.82) is 5.26 Å². The molecule has 182 valence electrons. The van der Waals surface area contributed by atoms with Gasteiger partial charge in [-0.2, -0.15) is 5.26 Å². The smallest absolute Gasteiger partial charge is 0.331 e. The lowest BCUT2D eigenvalue weighted by atomic mass is 10.0. The zero-order chi connectivity index (χ0) is 26.0. The Morgan fingerprint density at radius 1 is 0.865 bits per heavy atom. The van der Waals surface area contributed by atoms with Crippen molar-refractivity contribution in [3.63, 3.8) is 0 Å². The molecular weight excluding hydrogens is 464 g/mol. The number of rotatable bonds is 2. The summed E-state index contributed by atoms with van der Waals surface area (Å²) in [4.78, 5) is 26.9. The largest absolute Gasteiger partial charge is 0.477 e. The van der Waals surface area contributed by atoms with Crippen LogP contribution in [-0.2, 0) is 14.1 Å². The Morgan fingerprint density at radius 3 is 2.22 bits per heavy atom. The summed E-state index contributed by atoms with van der Waals surface area (Å²) in [6.45, 7) is 4.03. The molecule has 37 heavy (non-hydrogen) atoms. The molecule has 0 fully saturated rings. The summed E-state index contributed by atoms with van der Waals surface area (Å²) in [5.41, 5.74) is 6.36. The number of hydrogen-bond acceptors (Lipinski definition) is 4. The second-order valence-corrected chi connectivity index (χ2v) is 9.57. The minimum atomic E-state index is -0.609. The molecule has 1 aliphatic rings. The van der Waals surface area contributed by atoms with E-state index < -0.39 is 11.8 Å². The summed E-state index contributed by atoms with van der Waals surface area (Å²) in [5, 5.41) is 9.76. The molecule has 0 unspecified atom stereocenters. The molecule has 3 aromatic carbocycles. The maximum Gasteiger partial charge on any atom is 0.331 e. The number of nitrogens with zero attached hydrogens (tertiary/aromatic N) is 4. The van der Waals surface area contributed by atoms with Crippen molar-refractivity contribution in [2.75, 3.05) is 0 Å². The maximum absolute atomic E-state index is 13.7. The third-order valence-corrected chi connectivity index (χ3v) is 7.12. The zero-order valence-electron chi connectivity index (χ0n) is 20.9. The topological polar surface area (TPSA) is 81.9 Å². The summed E-state index contributed by atoms with van der Waals surface area (Å²) in [6, 6.07) is 23.4. The quantitative estimate of drug-likeness (QED) is 0.362. The van der Waals surface area contributed by atoms with Crippen LogP contribution in [0.1, 0.15) is 34.1 Å². The lowest BCUT2D eigenvalue weighted by Gasteiger charge is -2.30. The van der Waals surface area contributed by atoms with Gasteiger partial charge in [0.2, 0.25) is 0 Å². The van der Waals surface area contributed by atoms with E-state index in [9.17, 15) is 14.9 Å². The molecular formula is C30H24N4O3. The standard InChI is InChI=1S/C30H24N4O3/c1-17-5-10-20(11-6-17)25-24-26(32(3)30(36)33(4)29(24)35)27-28(21-12-8-19(16-31)9-13-21)37-23-14-7-18(2)15-22(23)34(25)27/h5-15,28H,1-4H3/t28-/m1/s1. The van der Waals surface area contributed by atoms with Crippen molar-refractivity contribution in [3.05, 3.63) is 116 Å². The van der Waals surface area contributed by atoms with Crippen LogP contribution in [0.3, 0.4) is 0 Å². The van der Waals surface area contributed by atoms with Crippen LogP contribution < -0.4 is 16.0 Å². The van der Waals surface area contributed by atoms with Gasteiger partial charge in [-0.05, 0) is 54.8 Å². The van der Waals surface area contributed by atoms with E-state index in [-0.39, 0.29) is 5.56 Å². The SMILES string of the molecule is Cc1ccc(-c2c3c(=O)n(C)c(=O)n(C)c3c3n2-c2cc(C)ccc2O[C@@H]3c2ccc(C#N)cc2)cc1. The third kappa shape index (κ3) is 3.26. The van der Waals surface area contributed by atoms with Crippen molar-refractivity contribution < 1.29 is 4.74 Å².